The minimum Gasteiger partial charge on any atom is -0.380 e. The Morgan fingerprint density at radius 2 is 2.05 bits per heavy atom. The molecule has 0 amide bonds. The first-order chi connectivity index (χ1) is 9.43. The van der Waals surface area contributed by atoms with Gasteiger partial charge < -0.3 is 5.32 Å². The number of hydrogen-bond acceptors (Lipinski definition) is 4. The molecule has 0 bridgehead atoms. The van der Waals surface area contributed by atoms with Crippen LogP contribution in [0, 0.1) is 0 Å². The fourth-order valence-corrected chi connectivity index (χ4v) is 4.28. The first-order valence-electron chi connectivity index (χ1n) is 6.42. The molecule has 0 aromatic heterocycles. The summed E-state index contributed by atoms with van der Waals surface area (Å²) in [5, 5.41) is 3.45. The maximum atomic E-state index is 12.7. The molecule has 7 heteroatoms. The van der Waals surface area contributed by atoms with Crippen molar-refractivity contribution in [2.24, 2.45) is 0 Å². The molecule has 20 heavy (non-hydrogen) atoms. The van der Waals surface area contributed by atoms with Gasteiger partial charge in [0.05, 0.1) is 10.6 Å². The lowest BCUT2D eigenvalue weighted by molar-refractivity contribution is 0.235. The van der Waals surface area contributed by atoms with Crippen LogP contribution in [-0.4, -0.2) is 31.2 Å². The summed E-state index contributed by atoms with van der Waals surface area (Å²) in [6, 6.07) is 5.97. The van der Waals surface area contributed by atoms with Gasteiger partial charge in [0.2, 0.25) is 9.84 Å². The Bertz CT molecular complexity index is 563. The molecule has 2 atom stereocenters. The van der Waals surface area contributed by atoms with Crippen LogP contribution < -0.4 is 5.32 Å². The smallest absolute Gasteiger partial charge is 0.341 e. The predicted molar refractivity (Wildman–Crippen MR) is 78.2 cm³/mol. The Morgan fingerprint density at radius 1 is 1.35 bits per heavy atom. The predicted octanol–water partition coefficient (Wildman–Crippen LogP) is 3.38. The van der Waals surface area contributed by atoms with E-state index in [2.05, 4.69) is 12.2 Å². The van der Waals surface area contributed by atoms with E-state index in [1.807, 2.05) is 0 Å². The number of anilines is 1. The third kappa shape index (κ3) is 3.25. The number of hydrogen-bond donors (Lipinski definition) is 1. The van der Waals surface area contributed by atoms with Crippen molar-refractivity contribution in [3.8, 4) is 0 Å². The first kappa shape index (κ1) is 15.6. The number of alkyl halides is 2. The van der Waals surface area contributed by atoms with E-state index in [-0.39, 0.29) is 16.6 Å². The molecular weight excluding hydrogens is 304 g/mol. The Morgan fingerprint density at radius 3 is 2.70 bits per heavy atom. The zero-order valence-electron chi connectivity index (χ0n) is 11.1. The van der Waals surface area contributed by atoms with Crippen LogP contribution in [0.3, 0.4) is 0 Å². The third-order valence-electron chi connectivity index (χ3n) is 3.38. The van der Waals surface area contributed by atoms with Crippen LogP contribution in [0.4, 0.5) is 14.5 Å². The van der Waals surface area contributed by atoms with Crippen molar-refractivity contribution < 1.29 is 17.2 Å². The van der Waals surface area contributed by atoms with Crippen LogP contribution in [0.2, 0.25) is 0 Å². The van der Waals surface area contributed by atoms with Crippen LogP contribution >= 0.6 is 11.8 Å². The lowest BCUT2D eigenvalue weighted by atomic mass is 10.1. The van der Waals surface area contributed by atoms with Crippen molar-refractivity contribution in [3.63, 3.8) is 0 Å². The summed E-state index contributed by atoms with van der Waals surface area (Å²) in [5.41, 5.74) is 0.271. The third-order valence-corrected chi connectivity index (χ3v) is 6.19. The van der Waals surface area contributed by atoms with E-state index in [0.717, 1.165) is 18.6 Å². The van der Waals surface area contributed by atoms with Crippen molar-refractivity contribution >= 4 is 27.3 Å². The SMILES string of the molecule is CC1SCCCC1Nc1ccccc1S(=O)(=O)C(F)F. The molecule has 1 aromatic carbocycles. The maximum absolute atomic E-state index is 12.7. The molecule has 0 spiro atoms. The molecule has 1 N–H and O–H groups in total. The number of rotatable bonds is 4. The van der Waals surface area contributed by atoms with Crippen molar-refractivity contribution in [2.45, 2.75) is 41.7 Å². The number of halogens is 2. The molecule has 1 fully saturated rings. The van der Waals surface area contributed by atoms with Crippen molar-refractivity contribution in [2.75, 3.05) is 11.1 Å². The fraction of sp³-hybridized carbons (Fsp3) is 0.538. The molecule has 1 aliphatic rings. The number of nitrogens with one attached hydrogen (secondary N) is 1. The van der Waals surface area contributed by atoms with Gasteiger partial charge in [-0.1, -0.05) is 19.1 Å². The van der Waals surface area contributed by atoms with E-state index >= 15 is 0 Å². The highest BCUT2D eigenvalue weighted by Crippen LogP contribution is 2.31. The highest BCUT2D eigenvalue weighted by molar-refractivity contribution is 8.00. The monoisotopic (exact) mass is 321 g/mol. The van der Waals surface area contributed by atoms with E-state index in [4.69, 9.17) is 0 Å². The second-order valence-corrected chi connectivity index (χ2v) is 8.14. The fourth-order valence-electron chi connectivity index (χ4n) is 2.24. The zero-order valence-corrected chi connectivity index (χ0v) is 12.7. The quantitative estimate of drug-likeness (QED) is 0.923. The summed E-state index contributed by atoms with van der Waals surface area (Å²) >= 11 is 1.80. The van der Waals surface area contributed by atoms with E-state index in [1.165, 1.54) is 12.1 Å². The first-order valence-corrected chi connectivity index (χ1v) is 9.01. The highest BCUT2D eigenvalue weighted by Gasteiger charge is 2.30. The van der Waals surface area contributed by atoms with Gasteiger partial charge in [-0.15, -0.1) is 0 Å². The lowest BCUT2D eigenvalue weighted by Gasteiger charge is -2.30. The van der Waals surface area contributed by atoms with Crippen LogP contribution in [-0.2, 0) is 9.84 Å². The molecule has 0 saturated carbocycles. The molecule has 1 saturated heterocycles. The minimum absolute atomic E-state index is 0.0998. The Labute approximate surface area is 122 Å². The van der Waals surface area contributed by atoms with Crippen LogP contribution in [0.15, 0.2) is 29.2 Å². The second-order valence-electron chi connectivity index (χ2n) is 4.77. The number of benzene rings is 1. The summed E-state index contributed by atoms with van der Waals surface area (Å²) < 4.78 is 48.8. The Hall–Kier alpha value is -0.820. The van der Waals surface area contributed by atoms with Crippen LogP contribution in [0.25, 0.3) is 0 Å². The molecule has 1 heterocycles. The molecule has 3 nitrogen and oxygen atoms in total. The maximum Gasteiger partial charge on any atom is 0.341 e. The molecule has 0 aliphatic carbocycles. The Kier molecular flexibility index (Phi) is 4.90. The van der Waals surface area contributed by atoms with Gasteiger partial charge in [-0.05, 0) is 30.7 Å². The van der Waals surface area contributed by atoms with Gasteiger partial charge in [0, 0.05) is 11.3 Å². The van der Waals surface area contributed by atoms with Crippen molar-refractivity contribution in [3.05, 3.63) is 24.3 Å². The standard InChI is InChI=1S/C13H17F2NO2S2/c1-9-10(6-4-8-19-9)16-11-5-2-3-7-12(11)20(17,18)13(14)15/h2-3,5,7,9-10,13,16H,4,6,8H2,1H3. The van der Waals surface area contributed by atoms with Gasteiger partial charge >= 0.3 is 5.76 Å². The zero-order chi connectivity index (χ0) is 14.8. The average Bonchev–Trinajstić information content (AvgIpc) is 2.41. The number of para-hydroxylation sites is 1. The molecule has 1 aromatic rings. The van der Waals surface area contributed by atoms with E-state index in [0.29, 0.717) is 5.25 Å². The number of thioether (sulfide) groups is 1. The minimum atomic E-state index is -4.58. The van der Waals surface area contributed by atoms with Crippen molar-refractivity contribution in [1.29, 1.82) is 0 Å². The van der Waals surface area contributed by atoms with Crippen LogP contribution in [0.5, 0.6) is 0 Å². The summed E-state index contributed by atoms with van der Waals surface area (Å²) in [6.45, 7) is 2.06. The van der Waals surface area contributed by atoms with Gasteiger partial charge in [0.25, 0.3) is 0 Å². The van der Waals surface area contributed by atoms with E-state index in [1.54, 1.807) is 23.9 Å². The highest BCUT2D eigenvalue weighted by atomic mass is 32.2. The molecule has 1 aliphatic heterocycles. The van der Waals surface area contributed by atoms with E-state index in [9.17, 15) is 17.2 Å². The van der Waals surface area contributed by atoms with Gasteiger partial charge in [0.15, 0.2) is 0 Å². The van der Waals surface area contributed by atoms with Crippen LogP contribution in [0.1, 0.15) is 19.8 Å². The largest absolute Gasteiger partial charge is 0.380 e. The van der Waals surface area contributed by atoms with Gasteiger partial charge in [-0.2, -0.15) is 20.5 Å². The molecule has 2 unspecified atom stereocenters. The topological polar surface area (TPSA) is 46.2 Å². The number of sulfone groups is 1. The van der Waals surface area contributed by atoms with Crippen molar-refractivity contribution in [1.82, 2.24) is 0 Å². The second kappa shape index (κ2) is 6.30. The lowest BCUT2D eigenvalue weighted by Crippen LogP contribution is -2.33. The molecule has 2 rings (SSSR count). The van der Waals surface area contributed by atoms with E-state index < -0.39 is 15.6 Å². The normalized spacial score (nSPS) is 23.8. The summed E-state index contributed by atoms with van der Waals surface area (Å²) in [6.07, 6.45) is 1.95. The average molecular weight is 321 g/mol. The summed E-state index contributed by atoms with van der Waals surface area (Å²) in [7, 11) is -4.58. The summed E-state index contributed by atoms with van der Waals surface area (Å²) in [5.74, 6) is -2.32. The molecule has 0 radical (unpaired) electrons. The van der Waals surface area contributed by atoms with Gasteiger partial charge in [0.1, 0.15) is 0 Å². The molecular formula is C13H17F2NO2S2. The Balaban J connectivity index is 2.29. The van der Waals surface area contributed by atoms with Gasteiger partial charge in [-0.25, -0.2) is 8.42 Å². The summed E-state index contributed by atoms with van der Waals surface area (Å²) in [4.78, 5) is -0.322. The molecule has 112 valence electrons. The van der Waals surface area contributed by atoms with Gasteiger partial charge in [-0.3, -0.25) is 0 Å².